The number of rotatable bonds is 0. The lowest BCUT2D eigenvalue weighted by atomic mass is 9.73. The molecule has 0 amide bonds. The monoisotopic (exact) mass is 197 g/mol. The smallest absolute Gasteiger partial charge is 0.166 e. The Morgan fingerprint density at radius 1 is 0.929 bits per heavy atom. The molecule has 0 aromatic rings. The summed E-state index contributed by atoms with van der Waals surface area (Å²) >= 11 is 0. The quantitative estimate of drug-likeness (QED) is 0.634. The summed E-state index contributed by atoms with van der Waals surface area (Å²) in [6, 6.07) is 0. The van der Waals surface area contributed by atoms with E-state index in [1.807, 2.05) is 0 Å². The maximum Gasteiger partial charge on any atom is 0.166 e. The van der Waals surface area contributed by atoms with E-state index in [4.69, 9.17) is 9.47 Å². The fourth-order valence-corrected chi connectivity index (χ4v) is 2.84. The number of ether oxygens (including phenoxy) is 2. The van der Waals surface area contributed by atoms with Crippen LogP contribution in [0.4, 0.5) is 0 Å². The SMILES string of the molecule is C1CCC2(CC1)CNC1(COC1)OC2. The zero-order valence-electron chi connectivity index (χ0n) is 8.68. The highest BCUT2D eigenvalue weighted by atomic mass is 16.6. The van der Waals surface area contributed by atoms with Crippen molar-refractivity contribution >= 4 is 0 Å². The van der Waals surface area contributed by atoms with Gasteiger partial charge >= 0.3 is 0 Å². The first-order valence-electron chi connectivity index (χ1n) is 5.80. The van der Waals surface area contributed by atoms with Crippen molar-refractivity contribution in [3.63, 3.8) is 0 Å². The molecule has 2 heterocycles. The Hall–Kier alpha value is -0.120. The van der Waals surface area contributed by atoms with Gasteiger partial charge in [-0.3, -0.25) is 5.32 Å². The molecule has 3 rings (SSSR count). The molecule has 0 bridgehead atoms. The van der Waals surface area contributed by atoms with E-state index in [9.17, 15) is 0 Å². The van der Waals surface area contributed by atoms with Crippen molar-refractivity contribution in [1.82, 2.24) is 5.32 Å². The molecule has 0 aromatic heterocycles. The summed E-state index contributed by atoms with van der Waals surface area (Å²) in [6.45, 7) is 3.56. The highest BCUT2D eigenvalue weighted by molar-refractivity contribution is 4.96. The van der Waals surface area contributed by atoms with Crippen LogP contribution in [0.5, 0.6) is 0 Å². The highest BCUT2D eigenvalue weighted by Gasteiger charge is 2.47. The summed E-state index contributed by atoms with van der Waals surface area (Å²) in [6.07, 6.45) is 6.87. The van der Waals surface area contributed by atoms with Crippen LogP contribution in [0.3, 0.4) is 0 Å². The lowest BCUT2D eigenvalue weighted by molar-refractivity contribution is -0.263. The van der Waals surface area contributed by atoms with Crippen LogP contribution >= 0.6 is 0 Å². The molecule has 3 heteroatoms. The lowest BCUT2D eigenvalue weighted by Gasteiger charge is -2.52. The molecule has 0 radical (unpaired) electrons. The van der Waals surface area contributed by atoms with Gasteiger partial charge in [0.2, 0.25) is 0 Å². The van der Waals surface area contributed by atoms with E-state index in [1.54, 1.807) is 0 Å². The van der Waals surface area contributed by atoms with Crippen LogP contribution in [0, 0.1) is 5.41 Å². The first kappa shape index (κ1) is 9.13. The van der Waals surface area contributed by atoms with Crippen LogP contribution in [-0.2, 0) is 9.47 Å². The van der Waals surface area contributed by atoms with Gasteiger partial charge < -0.3 is 9.47 Å². The van der Waals surface area contributed by atoms with E-state index < -0.39 is 0 Å². The van der Waals surface area contributed by atoms with Crippen LogP contribution in [0.25, 0.3) is 0 Å². The molecule has 3 aliphatic rings. The summed E-state index contributed by atoms with van der Waals surface area (Å²) in [7, 11) is 0. The third-order valence-electron chi connectivity index (χ3n) is 4.02. The zero-order chi connectivity index (χ0) is 9.49. The van der Waals surface area contributed by atoms with E-state index in [1.165, 1.54) is 32.1 Å². The second-order valence-corrected chi connectivity index (χ2v) is 5.19. The average Bonchev–Trinajstić information content (AvgIpc) is 2.18. The van der Waals surface area contributed by atoms with E-state index in [0.717, 1.165) is 26.4 Å². The lowest BCUT2D eigenvalue weighted by Crippen LogP contribution is -2.68. The zero-order valence-corrected chi connectivity index (χ0v) is 8.68. The van der Waals surface area contributed by atoms with Crippen molar-refractivity contribution in [3.05, 3.63) is 0 Å². The molecule has 1 saturated carbocycles. The number of nitrogens with one attached hydrogen (secondary N) is 1. The first-order chi connectivity index (χ1) is 6.83. The van der Waals surface area contributed by atoms with Gasteiger partial charge in [0.05, 0.1) is 19.8 Å². The van der Waals surface area contributed by atoms with Gasteiger partial charge in [0, 0.05) is 12.0 Å². The second-order valence-electron chi connectivity index (χ2n) is 5.19. The van der Waals surface area contributed by atoms with Gasteiger partial charge in [-0.2, -0.15) is 0 Å². The molecule has 3 fully saturated rings. The normalized spacial score (nSPS) is 34.3. The molecule has 3 nitrogen and oxygen atoms in total. The third-order valence-corrected chi connectivity index (χ3v) is 4.02. The Labute approximate surface area is 85.1 Å². The molecular weight excluding hydrogens is 178 g/mol. The minimum Gasteiger partial charge on any atom is -0.372 e. The number of hydrogen-bond acceptors (Lipinski definition) is 3. The Kier molecular flexibility index (Phi) is 2.08. The highest BCUT2D eigenvalue weighted by Crippen LogP contribution is 2.40. The molecule has 80 valence electrons. The molecular formula is C11H19NO2. The summed E-state index contributed by atoms with van der Waals surface area (Å²) < 4.78 is 11.2. The molecule has 2 spiro atoms. The van der Waals surface area contributed by atoms with Crippen molar-refractivity contribution in [2.45, 2.75) is 37.8 Å². The van der Waals surface area contributed by atoms with Crippen molar-refractivity contribution in [2.24, 2.45) is 5.41 Å². The summed E-state index contributed by atoms with van der Waals surface area (Å²) in [5, 5.41) is 3.55. The molecule has 1 N–H and O–H groups in total. The van der Waals surface area contributed by atoms with Crippen molar-refractivity contribution in [1.29, 1.82) is 0 Å². The largest absolute Gasteiger partial charge is 0.372 e. The molecule has 0 aromatic carbocycles. The van der Waals surface area contributed by atoms with Gasteiger partial charge in [-0.1, -0.05) is 19.3 Å². The van der Waals surface area contributed by atoms with Crippen LogP contribution < -0.4 is 5.32 Å². The topological polar surface area (TPSA) is 30.5 Å². The van der Waals surface area contributed by atoms with Gasteiger partial charge in [0.1, 0.15) is 0 Å². The van der Waals surface area contributed by atoms with Gasteiger partial charge in [-0.15, -0.1) is 0 Å². The van der Waals surface area contributed by atoms with Gasteiger partial charge in [0.15, 0.2) is 5.72 Å². The second kappa shape index (κ2) is 3.19. The van der Waals surface area contributed by atoms with E-state index >= 15 is 0 Å². The molecule has 14 heavy (non-hydrogen) atoms. The maximum absolute atomic E-state index is 5.96. The fraction of sp³-hybridized carbons (Fsp3) is 1.00. The summed E-state index contributed by atoms with van der Waals surface area (Å²) in [4.78, 5) is 0. The standard InChI is InChI=1S/C11H19NO2/c1-2-4-10(5-3-1)6-12-11(14-7-10)8-13-9-11/h12H,1-9H2. The predicted octanol–water partition coefficient (Wildman–Crippen LogP) is 1.28. The third kappa shape index (κ3) is 1.38. The van der Waals surface area contributed by atoms with Gasteiger partial charge in [0.25, 0.3) is 0 Å². The molecule has 0 atom stereocenters. The van der Waals surface area contributed by atoms with Gasteiger partial charge in [-0.25, -0.2) is 0 Å². The van der Waals surface area contributed by atoms with Crippen LogP contribution in [-0.4, -0.2) is 32.1 Å². The van der Waals surface area contributed by atoms with Crippen molar-refractivity contribution in [3.8, 4) is 0 Å². The Morgan fingerprint density at radius 2 is 1.71 bits per heavy atom. The van der Waals surface area contributed by atoms with Crippen LogP contribution in [0.1, 0.15) is 32.1 Å². The van der Waals surface area contributed by atoms with E-state index in [2.05, 4.69) is 5.32 Å². The number of hydrogen-bond donors (Lipinski definition) is 1. The Balaban J connectivity index is 1.63. The maximum atomic E-state index is 5.96. The van der Waals surface area contributed by atoms with E-state index in [-0.39, 0.29) is 5.72 Å². The molecule has 2 saturated heterocycles. The van der Waals surface area contributed by atoms with Crippen LogP contribution in [0.15, 0.2) is 0 Å². The molecule has 0 unspecified atom stereocenters. The van der Waals surface area contributed by atoms with Crippen molar-refractivity contribution < 1.29 is 9.47 Å². The van der Waals surface area contributed by atoms with Gasteiger partial charge in [-0.05, 0) is 12.8 Å². The summed E-state index contributed by atoms with van der Waals surface area (Å²) in [5.41, 5.74) is 0.363. The fourth-order valence-electron chi connectivity index (χ4n) is 2.84. The van der Waals surface area contributed by atoms with Crippen molar-refractivity contribution in [2.75, 3.05) is 26.4 Å². The Morgan fingerprint density at radius 3 is 2.21 bits per heavy atom. The minimum absolute atomic E-state index is 0.0945. The molecule has 2 aliphatic heterocycles. The predicted molar refractivity (Wildman–Crippen MR) is 53.0 cm³/mol. The average molecular weight is 197 g/mol. The molecule has 1 aliphatic carbocycles. The summed E-state index contributed by atoms with van der Waals surface area (Å²) in [5.74, 6) is 0. The Bertz CT molecular complexity index is 207. The van der Waals surface area contributed by atoms with E-state index in [0.29, 0.717) is 5.41 Å². The first-order valence-corrected chi connectivity index (χ1v) is 5.80. The minimum atomic E-state index is -0.0945. The van der Waals surface area contributed by atoms with Crippen LogP contribution in [0.2, 0.25) is 0 Å².